The third-order valence-corrected chi connectivity index (χ3v) is 2.61. The summed E-state index contributed by atoms with van der Waals surface area (Å²) < 4.78 is 5.49. The Kier molecular flexibility index (Phi) is 8.53. The van der Waals surface area contributed by atoms with E-state index >= 15 is 0 Å². The number of ether oxygens (including phenoxy) is 1. The monoisotopic (exact) mass is 186 g/mol. The van der Waals surface area contributed by atoms with Crippen molar-refractivity contribution in [2.45, 2.75) is 65.9 Å². The van der Waals surface area contributed by atoms with Gasteiger partial charge in [-0.15, -0.1) is 0 Å². The molecule has 0 bridgehead atoms. The van der Waals surface area contributed by atoms with Crippen molar-refractivity contribution in [3.05, 3.63) is 0 Å². The van der Waals surface area contributed by atoms with E-state index in [-0.39, 0.29) is 0 Å². The second-order valence-electron chi connectivity index (χ2n) is 4.10. The molecule has 0 atom stereocenters. The molecule has 0 aromatic rings. The van der Waals surface area contributed by atoms with Gasteiger partial charge in [0.25, 0.3) is 0 Å². The highest BCUT2D eigenvalue weighted by molar-refractivity contribution is 4.54. The highest BCUT2D eigenvalue weighted by Gasteiger charge is 2.02. The number of hydrogen-bond donors (Lipinski definition) is 0. The molecule has 0 radical (unpaired) electrons. The van der Waals surface area contributed by atoms with E-state index in [4.69, 9.17) is 4.74 Å². The minimum atomic E-state index is 0.396. The molecule has 0 amide bonds. The van der Waals surface area contributed by atoms with Crippen molar-refractivity contribution in [2.75, 3.05) is 6.61 Å². The van der Waals surface area contributed by atoms with Gasteiger partial charge in [-0.3, -0.25) is 0 Å². The minimum absolute atomic E-state index is 0.396. The van der Waals surface area contributed by atoms with Crippen molar-refractivity contribution < 1.29 is 4.74 Å². The lowest BCUT2D eigenvalue weighted by Gasteiger charge is -2.12. The van der Waals surface area contributed by atoms with E-state index in [2.05, 4.69) is 27.7 Å². The lowest BCUT2D eigenvalue weighted by atomic mass is 9.97. The highest BCUT2D eigenvalue weighted by atomic mass is 16.5. The lowest BCUT2D eigenvalue weighted by molar-refractivity contribution is 0.0750. The maximum Gasteiger partial charge on any atom is 0.0518 e. The molecule has 0 aliphatic rings. The van der Waals surface area contributed by atoms with Crippen LogP contribution in [0, 0.1) is 5.92 Å². The van der Waals surface area contributed by atoms with Gasteiger partial charge in [0.15, 0.2) is 0 Å². The maximum absolute atomic E-state index is 5.49. The minimum Gasteiger partial charge on any atom is -0.379 e. The van der Waals surface area contributed by atoms with Crippen molar-refractivity contribution in [3.63, 3.8) is 0 Å². The van der Waals surface area contributed by atoms with Crippen LogP contribution in [-0.2, 0) is 4.74 Å². The summed E-state index contributed by atoms with van der Waals surface area (Å²) in [5.74, 6) is 0.944. The second kappa shape index (κ2) is 8.55. The van der Waals surface area contributed by atoms with E-state index in [1.54, 1.807) is 0 Å². The molecule has 0 N–H and O–H groups in total. The Balaban J connectivity index is 3.14. The topological polar surface area (TPSA) is 9.23 Å². The molecule has 1 heteroatoms. The first-order valence-corrected chi connectivity index (χ1v) is 5.82. The molecule has 0 saturated heterocycles. The first-order chi connectivity index (χ1) is 6.20. The predicted molar refractivity (Wildman–Crippen MR) is 59.0 cm³/mol. The molecule has 80 valence electrons. The van der Waals surface area contributed by atoms with Crippen molar-refractivity contribution in [2.24, 2.45) is 5.92 Å². The third-order valence-electron chi connectivity index (χ3n) is 2.61. The van der Waals surface area contributed by atoms with Gasteiger partial charge in [-0.25, -0.2) is 0 Å². The van der Waals surface area contributed by atoms with Crippen LogP contribution in [0.2, 0.25) is 0 Å². The molecule has 0 spiro atoms. The van der Waals surface area contributed by atoms with E-state index in [0.29, 0.717) is 6.10 Å². The van der Waals surface area contributed by atoms with Crippen LogP contribution in [0.3, 0.4) is 0 Å². The standard InChI is InChI=1S/C12H26O/c1-5-12(6-2)9-7-8-10-13-11(3)4/h11-12H,5-10H2,1-4H3. The fourth-order valence-corrected chi connectivity index (χ4v) is 1.55. The molecule has 13 heavy (non-hydrogen) atoms. The van der Waals surface area contributed by atoms with E-state index in [1.807, 2.05) is 0 Å². The molecule has 0 aromatic carbocycles. The molecule has 1 nitrogen and oxygen atoms in total. The summed E-state index contributed by atoms with van der Waals surface area (Å²) in [5.41, 5.74) is 0. The number of hydrogen-bond acceptors (Lipinski definition) is 1. The summed E-state index contributed by atoms with van der Waals surface area (Å²) in [6.45, 7) is 9.72. The van der Waals surface area contributed by atoms with Crippen molar-refractivity contribution in [1.29, 1.82) is 0 Å². The van der Waals surface area contributed by atoms with Gasteiger partial charge in [0, 0.05) is 6.61 Å². The molecule has 0 rings (SSSR count). The van der Waals surface area contributed by atoms with E-state index in [1.165, 1.54) is 32.1 Å². The Morgan fingerprint density at radius 3 is 2.08 bits per heavy atom. The summed E-state index contributed by atoms with van der Waals surface area (Å²) in [4.78, 5) is 0. The first kappa shape index (κ1) is 13.0. The first-order valence-electron chi connectivity index (χ1n) is 5.82. The lowest BCUT2D eigenvalue weighted by Crippen LogP contribution is -2.04. The van der Waals surface area contributed by atoms with Gasteiger partial charge in [0.2, 0.25) is 0 Å². The summed E-state index contributed by atoms with van der Waals surface area (Å²) in [5, 5.41) is 0. The van der Waals surface area contributed by atoms with Crippen LogP contribution in [0.25, 0.3) is 0 Å². The van der Waals surface area contributed by atoms with Crippen LogP contribution in [-0.4, -0.2) is 12.7 Å². The number of unbranched alkanes of at least 4 members (excludes halogenated alkanes) is 1. The average molecular weight is 186 g/mol. The van der Waals surface area contributed by atoms with Crippen LogP contribution in [0.1, 0.15) is 59.8 Å². The third kappa shape index (κ3) is 8.29. The smallest absolute Gasteiger partial charge is 0.0518 e. The summed E-state index contributed by atoms with van der Waals surface area (Å²) in [6.07, 6.45) is 7.01. The molecular weight excluding hydrogens is 160 g/mol. The van der Waals surface area contributed by atoms with Crippen LogP contribution < -0.4 is 0 Å². The normalized spacial score (nSPS) is 11.5. The van der Waals surface area contributed by atoms with Crippen LogP contribution in [0.4, 0.5) is 0 Å². The molecule has 0 unspecified atom stereocenters. The van der Waals surface area contributed by atoms with E-state index in [0.717, 1.165) is 12.5 Å². The Morgan fingerprint density at radius 1 is 1.00 bits per heavy atom. The molecular formula is C12H26O. The highest BCUT2D eigenvalue weighted by Crippen LogP contribution is 2.15. The molecule has 0 aliphatic carbocycles. The van der Waals surface area contributed by atoms with Gasteiger partial charge >= 0.3 is 0 Å². The molecule has 0 fully saturated rings. The largest absolute Gasteiger partial charge is 0.379 e. The van der Waals surface area contributed by atoms with Gasteiger partial charge < -0.3 is 4.74 Å². The van der Waals surface area contributed by atoms with Gasteiger partial charge in [-0.05, 0) is 26.2 Å². The number of rotatable bonds is 8. The van der Waals surface area contributed by atoms with Gasteiger partial charge in [-0.1, -0.05) is 39.5 Å². The molecule has 0 aliphatic heterocycles. The fourth-order valence-electron chi connectivity index (χ4n) is 1.55. The fraction of sp³-hybridized carbons (Fsp3) is 1.00. The average Bonchev–Trinajstić information content (AvgIpc) is 2.11. The zero-order chi connectivity index (χ0) is 10.1. The molecule has 0 saturated carbocycles. The molecule has 0 heterocycles. The van der Waals surface area contributed by atoms with Gasteiger partial charge in [0.05, 0.1) is 6.10 Å². The van der Waals surface area contributed by atoms with Crippen molar-refractivity contribution in [1.82, 2.24) is 0 Å². The van der Waals surface area contributed by atoms with Crippen LogP contribution in [0.15, 0.2) is 0 Å². The zero-order valence-corrected chi connectivity index (χ0v) is 9.81. The van der Waals surface area contributed by atoms with E-state index < -0.39 is 0 Å². The van der Waals surface area contributed by atoms with Crippen LogP contribution in [0.5, 0.6) is 0 Å². The van der Waals surface area contributed by atoms with Gasteiger partial charge in [-0.2, -0.15) is 0 Å². The zero-order valence-electron chi connectivity index (χ0n) is 9.81. The Labute approximate surface area is 83.9 Å². The van der Waals surface area contributed by atoms with E-state index in [9.17, 15) is 0 Å². The Hall–Kier alpha value is -0.0400. The predicted octanol–water partition coefficient (Wildman–Crippen LogP) is 4.02. The summed E-state index contributed by atoms with van der Waals surface area (Å²) in [6, 6.07) is 0. The SMILES string of the molecule is CCC(CC)CCCCOC(C)C. The Bertz CT molecular complexity index is 95.3. The van der Waals surface area contributed by atoms with Crippen molar-refractivity contribution >= 4 is 0 Å². The summed E-state index contributed by atoms with van der Waals surface area (Å²) in [7, 11) is 0. The maximum atomic E-state index is 5.49. The van der Waals surface area contributed by atoms with Gasteiger partial charge in [0.1, 0.15) is 0 Å². The van der Waals surface area contributed by atoms with Crippen LogP contribution >= 0.6 is 0 Å². The molecule has 0 aromatic heterocycles. The second-order valence-corrected chi connectivity index (χ2v) is 4.10. The Morgan fingerprint density at radius 2 is 1.62 bits per heavy atom. The quantitative estimate of drug-likeness (QED) is 0.520. The summed E-state index contributed by atoms with van der Waals surface area (Å²) >= 11 is 0. The van der Waals surface area contributed by atoms with Crippen molar-refractivity contribution in [3.8, 4) is 0 Å².